The van der Waals surface area contributed by atoms with Gasteiger partial charge in [-0.25, -0.2) is 4.79 Å². The molecule has 2 unspecified atom stereocenters. The van der Waals surface area contributed by atoms with E-state index >= 15 is 0 Å². The lowest BCUT2D eigenvalue weighted by Gasteiger charge is -2.33. The average Bonchev–Trinajstić information content (AvgIpc) is 3.20. The zero-order valence-electron chi connectivity index (χ0n) is 17.5. The number of halogens is 3. The van der Waals surface area contributed by atoms with Gasteiger partial charge in [-0.05, 0) is 49.2 Å². The number of aromatic amines is 1. The minimum atomic E-state index is -4.65. The van der Waals surface area contributed by atoms with Gasteiger partial charge in [0.25, 0.3) is 0 Å². The lowest BCUT2D eigenvalue weighted by Crippen LogP contribution is -2.43. The molecule has 1 fully saturated rings. The molecule has 0 aliphatic carbocycles. The van der Waals surface area contributed by atoms with Crippen molar-refractivity contribution in [2.24, 2.45) is 0 Å². The monoisotopic (exact) mass is 482 g/mol. The van der Waals surface area contributed by atoms with Gasteiger partial charge in [0, 0.05) is 18.5 Å². The smallest absolute Gasteiger partial charge is 0.416 e. The lowest BCUT2D eigenvalue weighted by atomic mass is 9.99. The van der Waals surface area contributed by atoms with Gasteiger partial charge in [0.15, 0.2) is 15.3 Å². The van der Waals surface area contributed by atoms with E-state index in [-0.39, 0.29) is 13.1 Å². The number of alkyl halides is 3. The van der Waals surface area contributed by atoms with E-state index in [0.29, 0.717) is 36.2 Å². The molecule has 1 aliphatic rings. The largest absolute Gasteiger partial charge is 0.593 e. The third-order valence-electron chi connectivity index (χ3n) is 5.52. The van der Waals surface area contributed by atoms with Crippen molar-refractivity contribution in [1.82, 2.24) is 19.1 Å². The zero-order chi connectivity index (χ0) is 23.8. The van der Waals surface area contributed by atoms with Gasteiger partial charge in [-0.2, -0.15) is 17.9 Å². The summed E-state index contributed by atoms with van der Waals surface area (Å²) < 4.78 is 72.6. The van der Waals surface area contributed by atoms with Crippen LogP contribution in [-0.4, -0.2) is 43.8 Å². The molecule has 0 bridgehead atoms. The minimum absolute atomic E-state index is 0.00581. The molecule has 2 heterocycles. The highest BCUT2D eigenvalue weighted by atomic mass is 32.3. The van der Waals surface area contributed by atoms with Crippen LogP contribution in [0.3, 0.4) is 0 Å². The molecule has 3 aromatic rings. The minimum Gasteiger partial charge on any atom is -0.593 e. The first kappa shape index (κ1) is 23.2. The number of hydrogen-bond acceptors (Lipinski definition) is 5. The summed E-state index contributed by atoms with van der Waals surface area (Å²) in [6, 6.07) is 10.4. The van der Waals surface area contributed by atoms with Crippen LogP contribution in [-0.2, 0) is 20.8 Å². The highest BCUT2D eigenvalue weighted by Gasteiger charge is 2.38. The number of benzene rings is 2. The van der Waals surface area contributed by atoms with Crippen molar-refractivity contribution >= 4 is 10.4 Å². The quantitative estimate of drug-likeness (QED) is 0.562. The number of nitrogens with one attached hydrogen (secondary N) is 1. The van der Waals surface area contributed by atoms with Crippen LogP contribution >= 0.6 is 0 Å². The Labute approximate surface area is 188 Å². The molecule has 8 nitrogen and oxygen atoms in total. The molecule has 176 valence electrons. The molecule has 1 aliphatic heterocycles. The second-order valence-electron chi connectivity index (χ2n) is 7.65. The summed E-state index contributed by atoms with van der Waals surface area (Å²) >= 11 is 0. The second-order valence-corrected chi connectivity index (χ2v) is 9.59. The Morgan fingerprint density at radius 3 is 2.61 bits per heavy atom. The van der Waals surface area contributed by atoms with Crippen molar-refractivity contribution in [3.05, 3.63) is 70.4 Å². The van der Waals surface area contributed by atoms with Crippen LogP contribution < -0.4 is 10.4 Å². The predicted molar refractivity (Wildman–Crippen MR) is 113 cm³/mol. The Balaban J connectivity index is 1.58. The number of H-pyrrole nitrogens is 1. The highest BCUT2D eigenvalue weighted by molar-refractivity contribution is 7.95. The fraction of sp³-hybridized carbons (Fsp3) is 0.333. The number of methoxy groups -OCH3 is 1. The molecule has 0 amide bonds. The summed E-state index contributed by atoms with van der Waals surface area (Å²) in [7, 11) is -2.63. The van der Waals surface area contributed by atoms with Crippen LogP contribution in [0.15, 0.2) is 58.2 Å². The molecule has 0 radical (unpaired) electrons. The van der Waals surface area contributed by atoms with E-state index in [0.717, 1.165) is 22.5 Å². The van der Waals surface area contributed by atoms with Crippen molar-refractivity contribution < 1.29 is 26.7 Å². The van der Waals surface area contributed by atoms with Gasteiger partial charge >= 0.3 is 11.9 Å². The van der Waals surface area contributed by atoms with E-state index in [2.05, 4.69) is 10.1 Å². The number of rotatable bonds is 5. The van der Waals surface area contributed by atoms with Gasteiger partial charge in [-0.15, -0.1) is 9.40 Å². The molecular formula is C21H21F3N4O4S. The van der Waals surface area contributed by atoms with Crippen LogP contribution in [0.25, 0.3) is 5.69 Å². The topological polar surface area (TPSA) is 103 Å². The Kier molecular flexibility index (Phi) is 6.16. The molecule has 2 aromatic carbocycles. The third kappa shape index (κ3) is 4.72. The van der Waals surface area contributed by atoms with Crippen LogP contribution in [0.2, 0.25) is 0 Å². The number of piperidine rings is 1. The lowest BCUT2D eigenvalue weighted by molar-refractivity contribution is -0.137. The fourth-order valence-electron chi connectivity index (χ4n) is 3.79. The van der Waals surface area contributed by atoms with E-state index in [4.69, 9.17) is 4.74 Å². The maximum Gasteiger partial charge on any atom is 0.416 e. The number of nitrogens with zero attached hydrogens (tertiary/aromatic N) is 3. The number of ether oxygens (including phenoxy) is 1. The number of hydrogen-bond donors (Lipinski definition) is 1. The van der Waals surface area contributed by atoms with Gasteiger partial charge in [-0.3, -0.25) is 4.98 Å². The molecule has 4 rings (SSSR count). The number of sulfonamides is 1. The number of aromatic nitrogens is 3. The molecule has 0 spiro atoms. The molecule has 0 saturated carbocycles. The van der Waals surface area contributed by atoms with Crippen LogP contribution in [0.5, 0.6) is 5.75 Å². The normalized spacial score (nSPS) is 19.2. The van der Waals surface area contributed by atoms with Gasteiger partial charge < -0.3 is 9.29 Å². The van der Waals surface area contributed by atoms with Crippen molar-refractivity contribution in [2.75, 3.05) is 20.2 Å². The summed E-state index contributed by atoms with van der Waals surface area (Å²) in [5.74, 6) is 0.525. The predicted octanol–water partition coefficient (Wildman–Crippen LogP) is 3.37. The Morgan fingerprint density at radius 2 is 1.94 bits per heavy atom. The first-order valence-corrected chi connectivity index (χ1v) is 11.5. The van der Waals surface area contributed by atoms with Crippen LogP contribution in [0.4, 0.5) is 13.2 Å². The second kappa shape index (κ2) is 8.76. The summed E-state index contributed by atoms with van der Waals surface area (Å²) in [6.07, 6.45) is -3.60. The fourth-order valence-corrected chi connectivity index (χ4v) is 5.36. The van der Waals surface area contributed by atoms with E-state index in [9.17, 15) is 26.7 Å². The Bertz CT molecular complexity index is 1240. The Morgan fingerprint density at radius 1 is 1.21 bits per heavy atom. The first-order valence-electron chi connectivity index (χ1n) is 10.1. The highest BCUT2D eigenvalue weighted by Crippen LogP contribution is 2.34. The van der Waals surface area contributed by atoms with Gasteiger partial charge in [-0.1, -0.05) is 10.3 Å². The molecule has 1 N–H and O–H groups in total. The molecule has 1 saturated heterocycles. The SMILES string of the molecule is COc1ccc(-n2nc(C3CCCN([S+](=O)([O-])c4cccc(C(F)(F)F)c4)C3)[nH]c2=O)cc1. The Hall–Kier alpha value is -2.96. The van der Waals surface area contributed by atoms with Gasteiger partial charge in [0.2, 0.25) is 0 Å². The standard InChI is InChI=1S/C21H21F3N4O4S/c1-32-17-9-7-16(8-10-17)28-20(29)25-19(26-28)14-4-3-11-27(13-14)33(30,31)18-6-2-5-15(12-18)21(22,23)24/h2,5-10,12,14H,3-4,11,13H2,1H3,(H-,25,26,29,30,31). The zero-order valence-corrected chi connectivity index (χ0v) is 18.4. The van der Waals surface area contributed by atoms with E-state index in [1.165, 1.54) is 11.8 Å². The summed E-state index contributed by atoms with van der Waals surface area (Å²) in [5, 5.41) is 4.33. The summed E-state index contributed by atoms with van der Waals surface area (Å²) in [5.41, 5.74) is -1.000. The maximum absolute atomic E-state index is 13.0. The van der Waals surface area contributed by atoms with E-state index in [1.807, 2.05) is 0 Å². The van der Waals surface area contributed by atoms with E-state index < -0.39 is 38.6 Å². The van der Waals surface area contributed by atoms with Crippen molar-refractivity contribution in [3.8, 4) is 11.4 Å². The molecule has 1 aromatic heterocycles. The third-order valence-corrected chi connectivity index (χ3v) is 7.38. The average molecular weight is 482 g/mol. The molecule has 2 atom stereocenters. The van der Waals surface area contributed by atoms with Crippen LogP contribution in [0.1, 0.15) is 30.1 Å². The molecule has 12 heteroatoms. The van der Waals surface area contributed by atoms with Gasteiger partial charge in [0.05, 0.1) is 24.9 Å². The summed E-state index contributed by atoms with van der Waals surface area (Å²) in [6.45, 7) is 0.159. The molecule has 33 heavy (non-hydrogen) atoms. The maximum atomic E-state index is 13.0. The van der Waals surface area contributed by atoms with Crippen LogP contribution in [0, 0.1) is 0 Å². The van der Waals surface area contributed by atoms with Gasteiger partial charge in [0.1, 0.15) is 11.6 Å². The first-order chi connectivity index (χ1) is 15.6. The van der Waals surface area contributed by atoms with Crippen molar-refractivity contribution in [1.29, 1.82) is 0 Å². The van der Waals surface area contributed by atoms with Crippen molar-refractivity contribution in [3.63, 3.8) is 0 Å². The molecular weight excluding hydrogens is 461 g/mol. The van der Waals surface area contributed by atoms with Crippen molar-refractivity contribution in [2.45, 2.75) is 29.8 Å². The summed E-state index contributed by atoms with van der Waals surface area (Å²) in [4.78, 5) is 14.7. The van der Waals surface area contributed by atoms with E-state index in [1.54, 1.807) is 24.3 Å².